The second-order valence-corrected chi connectivity index (χ2v) is 3.85. The van der Waals surface area contributed by atoms with Crippen LogP contribution in [0.4, 0.5) is 10.1 Å². The zero-order valence-corrected chi connectivity index (χ0v) is 8.18. The zero-order chi connectivity index (χ0) is 9.42. The SMILES string of the molecule is CN(c1ccc(F)c(Cl)c1)C1CC1. The Morgan fingerprint density at radius 2 is 2.15 bits per heavy atom. The standard InChI is InChI=1S/C10H11ClFN/c1-13(7-2-3-7)8-4-5-10(12)9(11)6-8/h4-7H,2-3H2,1H3. The molecule has 70 valence electrons. The van der Waals surface area contributed by atoms with Crippen molar-refractivity contribution in [1.29, 1.82) is 0 Å². The molecular weight excluding hydrogens is 189 g/mol. The van der Waals surface area contributed by atoms with Crippen LogP contribution in [0.1, 0.15) is 12.8 Å². The highest BCUT2D eigenvalue weighted by Crippen LogP contribution is 2.31. The molecule has 1 saturated carbocycles. The van der Waals surface area contributed by atoms with Crippen LogP contribution in [0, 0.1) is 5.82 Å². The molecule has 0 bridgehead atoms. The lowest BCUT2D eigenvalue weighted by atomic mass is 10.3. The van der Waals surface area contributed by atoms with Crippen molar-refractivity contribution in [2.45, 2.75) is 18.9 Å². The molecule has 0 unspecified atom stereocenters. The molecule has 0 atom stereocenters. The first-order valence-corrected chi connectivity index (χ1v) is 4.74. The second-order valence-electron chi connectivity index (χ2n) is 3.44. The van der Waals surface area contributed by atoms with Gasteiger partial charge in [-0.15, -0.1) is 0 Å². The van der Waals surface area contributed by atoms with Crippen LogP contribution in [0.2, 0.25) is 5.02 Å². The summed E-state index contributed by atoms with van der Waals surface area (Å²) in [5, 5.41) is 0.199. The molecule has 1 aromatic carbocycles. The van der Waals surface area contributed by atoms with E-state index in [1.807, 2.05) is 7.05 Å². The Balaban J connectivity index is 2.24. The van der Waals surface area contributed by atoms with E-state index >= 15 is 0 Å². The first-order valence-electron chi connectivity index (χ1n) is 4.36. The largest absolute Gasteiger partial charge is 0.372 e. The van der Waals surface area contributed by atoms with Gasteiger partial charge in [-0.3, -0.25) is 0 Å². The molecule has 0 radical (unpaired) electrons. The average Bonchev–Trinajstić information content (AvgIpc) is 2.91. The fourth-order valence-corrected chi connectivity index (χ4v) is 1.55. The molecule has 0 spiro atoms. The summed E-state index contributed by atoms with van der Waals surface area (Å²) in [6, 6.07) is 5.48. The molecule has 0 saturated heterocycles. The third kappa shape index (κ3) is 1.78. The minimum Gasteiger partial charge on any atom is -0.372 e. The number of nitrogens with zero attached hydrogens (tertiary/aromatic N) is 1. The van der Waals surface area contributed by atoms with E-state index in [0.717, 1.165) is 5.69 Å². The van der Waals surface area contributed by atoms with Crippen molar-refractivity contribution in [3.05, 3.63) is 29.0 Å². The predicted molar refractivity (Wildman–Crippen MR) is 52.8 cm³/mol. The Kier molecular flexibility index (Phi) is 2.16. The molecule has 0 N–H and O–H groups in total. The van der Waals surface area contributed by atoms with Gasteiger partial charge < -0.3 is 4.90 Å². The topological polar surface area (TPSA) is 3.24 Å². The van der Waals surface area contributed by atoms with Crippen molar-refractivity contribution in [3.8, 4) is 0 Å². The van der Waals surface area contributed by atoms with Crippen LogP contribution in [-0.4, -0.2) is 13.1 Å². The first-order chi connectivity index (χ1) is 6.18. The number of anilines is 1. The van der Waals surface area contributed by atoms with E-state index in [0.29, 0.717) is 6.04 Å². The van der Waals surface area contributed by atoms with Gasteiger partial charge >= 0.3 is 0 Å². The summed E-state index contributed by atoms with van der Waals surface area (Å²) in [6.07, 6.45) is 2.46. The van der Waals surface area contributed by atoms with Crippen LogP contribution in [0.25, 0.3) is 0 Å². The third-order valence-electron chi connectivity index (χ3n) is 2.41. The number of hydrogen-bond donors (Lipinski definition) is 0. The quantitative estimate of drug-likeness (QED) is 0.708. The molecule has 0 amide bonds. The smallest absolute Gasteiger partial charge is 0.141 e. The number of rotatable bonds is 2. The lowest BCUT2D eigenvalue weighted by Gasteiger charge is -2.18. The zero-order valence-electron chi connectivity index (χ0n) is 7.43. The highest BCUT2D eigenvalue weighted by atomic mass is 35.5. The Labute approximate surface area is 82.1 Å². The van der Waals surface area contributed by atoms with Gasteiger partial charge in [0.25, 0.3) is 0 Å². The maximum atomic E-state index is 12.8. The molecule has 1 aromatic rings. The Bertz CT molecular complexity index is 323. The summed E-state index contributed by atoms with van der Waals surface area (Å²) < 4.78 is 12.8. The van der Waals surface area contributed by atoms with Gasteiger partial charge in [-0.05, 0) is 31.0 Å². The van der Waals surface area contributed by atoms with E-state index in [2.05, 4.69) is 4.90 Å². The van der Waals surface area contributed by atoms with Crippen molar-refractivity contribution in [2.75, 3.05) is 11.9 Å². The van der Waals surface area contributed by atoms with Crippen molar-refractivity contribution in [1.82, 2.24) is 0 Å². The van der Waals surface area contributed by atoms with Gasteiger partial charge in [0, 0.05) is 18.8 Å². The fourth-order valence-electron chi connectivity index (χ4n) is 1.38. The average molecular weight is 200 g/mol. The van der Waals surface area contributed by atoms with Gasteiger partial charge in [0.15, 0.2) is 0 Å². The summed E-state index contributed by atoms with van der Waals surface area (Å²) in [5.74, 6) is -0.352. The molecule has 0 aliphatic heterocycles. The molecule has 2 rings (SSSR count). The third-order valence-corrected chi connectivity index (χ3v) is 2.69. The van der Waals surface area contributed by atoms with Crippen LogP contribution in [0.15, 0.2) is 18.2 Å². The van der Waals surface area contributed by atoms with Gasteiger partial charge in [-0.2, -0.15) is 0 Å². The molecule has 0 heterocycles. The molecule has 1 aliphatic rings. The van der Waals surface area contributed by atoms with Crippen LogP contribution in [0.5, 0.6) is 0 Å². The van der Waals surface area contributed by atoms with Gasteiger partial charge in [0.05, 0.1) is 5.02 Å². The van der Waals surface area contributed by atoms with E-state index in [1.165, 1.54) is 18.9 Å². The monoisotopic (exact) mass is 199 g/mol. The lowest BCUT2D eigenvalue weighted by molar-refractivity contribution is 0.628. The molecular formula is C10H11ClFN. The minimum atomic E-state index is -0.352. The summed E-state index contributed by atoms with van der Waals surface area (Å²) >= 11 is 5.68. The van der Waals surface area contributed by atoms with Crippen molar-refractivity contribution in [2.24, 2.45) is 0 Å². The van der Waals surface area contributed by atoms with Gasteiger partial charge in [-0.25, -0.2) is 4.39 Å². The van der Waals surface area contributed by atoms with E-state index in [4.69, 9.17) is 11.6 Å². The van der Waals surface area contributed by atoms with Crippen LogP contribution in [0.3, 0.4) is 0 Å². The van der Waals surface area contributed by atoms with Crippen molar-refractivity contribution >= 4 is 17.3 Å². The maximum absolute atomic E-state index is 12.8. The van der Waals surface area contributed by atoms with E-state index in [-0.39, 0.29) is 10.8 Å². The number of benzene rings is 1. The molecule has 1 fully saturated rings. The maximum Gasteiger partial charge on any atom is 0.141 e. The molecule has 3 heteroatoms. The Morgan fingerprint density at radius 1 is 1.46 bits per heavy atom. The first kappa shape index (κ1) is 8.82. The van der Waals surface area contributed by atoms with Crippen molar-refractivity contribution in [3.63, 3.8) is 0 Å². The summed E-state index contributed by atoms with van der Waals surface area (Å²) in [4.78, 5) is 2.14. The Hall–Kier alpha value is -0.760. The molecule has 1 nitrogen and oxygen atoms in total. The van der Waals surface area contributed by atoms with Gasteiger partial charge in [0.1, 0.15) is 5.82 Å². The summed E-state index contributed by atoms with van der Waals surface area (Å²) in [7, 11) is 2.02. The lowest BCUT2D eigenvalue weighted by Crippen LogP contribution is -2.19. The number of halogens is 2. The van der Waals surface area contributed by atoms with E-state index < -0.39 is 0 Å². The van der Waals surface area contributed by atoms with Gasteiger partial charge in [-0.1, -0.05) is 11.6 Å². The van der Waals surface area contributed by atoms with Crippen LogP contribution < -0.4 is 4.90 Å². The Morgan fingerprint density at radius 3 is 2.69 bits per heavy atom. The van der Waals surface area contributed by atoms with E-state index in [9.17, 15) is 4.39 Å². The van der Waals surface area contributed by atoms with Crippen LogP contribution >= 0.6 is 11.6 Å². The van der Waals surface area contributed by atoms with Crippen molar-refractivity contribution < 1.29 is 4.39 Å². The second kappa shape index (κ2) is 3.18. The highest BCUT2D eigenvalue weighted by molar-refractivity contribution is 6.31. The summed E-state index contributed by atoms with van der Waals surface area (Å²) in [6.45, 7) is 0. The fraction of sp³-hybridized carbons (Fsp3) is 0.400. The normalized spacial score (nSPS) is 15.9. The summed E-state index contributed by atoms with van der Waals surface area (Å²) in [5.41, 5.74) is 0.994. The molecule has 1 aliphatic carbocycles. The molecule has 0 aromatic heterocycles. The minimum absolute atomic E-state index is 0.199. The van der Waals surface area contributed by atoms with Crippen LogP contribution in [-0.2, 0) is 0 Å². The highest BCUT2D eigenvalue weighted by Gasteiger charge is 2.26. The van der Waals surface area contributed by atoms with Gasteiger partial charge in [0.2, 0.25) is 0 Å². The number of hydrogen-bond acceptors (Lipinski definition) is 1. The molecule has 13 heavy (non-hydrogen) atoms. The van der Waals surface area contributed by atoms with E-state index in [1.54, 1.807) is 12.1 Å². The predicted octanol–water partition coefficient (Wildman–Crippen LogP) is 3.08.